The number of hydrogen-bond acceptors (Lipinski definition) is 4. The number of benzene rings is 2. The zero-order chi connectivity index (χ0) is 17.6. The zero-order valence-electron chi connectivity index (χ0n) is 14.2. The molecule has 0 atom stereocenters. The van der Waals surface area contributed by atoms with Crippen molar-refractivity contribution in [2.75, 3.05) is 5.32 Å². The third kappa shape index (κ3) is 2.47. The van der Waals surface area contributed by atoms with E-state index in [1.807, 2.05) is 48.5 Å². The second-order valence-corrected chi connectivity index (χ2v) is 6.82. The Labute approximate surface area is 151 Å². The first-order valence-electron chi connectivity index (χ1n) is 8.90. The van der Waals surface area contributed by atoms with Crippen molar-refractivity contribution in [1.29, 1.82) is 0 Å². The fourth-order valence-electron chi connectivity index (χ4n) is 3.78. The van der Waals surface area contributed by atoms with Crippen LogP contribution in [-0.4, -0.2) is 16.7 Å². The summed E-state index contributed by atoms with van der Waals surface area (Å²) in [6.45, 7) is 0. The van der Waals surface area contributed by atoms with Crippen molar-refractivity contribution in [2.45, 2.75) is 31.5 Å². The Morgan fingerprint density at radius 1 is 1.00 bits per heavy atom. The highest BCUT2D eigenvalue weighted by atomic mass is 16.7. The number of ether oxygens (including phenoxy) is 2. The van der Waals surface area contributed by atoms with Gasteiger partial charge in [0, 0.05) is 36.2 Å². The van der Waals surface area contributed by atoms with Crippen LogP contribution in [0.2, 0.25) is 0 Å². The molecule has 130 valence electrons. The van der Waals surface area contributed by atoms with Gasteiger partial charge < -0.3 is 14.8 Å². The molecular formula is C21H18N2O3. The molecule has 1 saturated carbocycles. The summed E-state index contributed by atoms with van der Waals surface area (Å²) in [7, 11) is 0. The lowest BCUT2D eigenvalue weighted by molar-refractivity contribution is -0.0716. The Bertz CT molecular complexity index is 1000. The fourth-order valence-corrected chi connectivity index (χ4v) is 3.78. The summed E-state index contributed by atoms with van der Waals surface area (Å²) in [4.78, 5) is 17.0. The Morgan fingerprint density at radius 2 is 1.81 bits per heavy atom. The maximum absolute atomic E-state index is 12.7. The predicted octanol–water partition coefficient (Wildman–Crippen LogP) is 4.53. The molecule has 5 nitrogen and oxygen atoms in total. The molecule has 0 radical (unpaired) electrons. The van der Waals surface area contributed by atoms with Crippen LogP contribution in [0.4, 0.5) is 5.69 Å². The van der Waals surface area contributed by atoms with E-state index in [0.29, 0.717) is 17.1 Å². The van der Waals surface area contributed by atoms with Crippen LogP contribution < -0.4 is 14.8 Å². The predicted molar refractivity (Wildman–Crippen MR) is 98.6 cm³/mol. The van der Waals surface area contributed by atoms with Gasteiger partial charge in [-0.05, 0) is 36.4 Å². The minimum atomic E-state index is -0.498. The first kappa shape index (κ1) is 15.2. The molecule has 2 aliphatic rings. The highest BCUT2D eigenvalue weighted by Gasteiger charge is 2.44. The van der Waals surface area contributed by atoms with Gasteiger partial charge in [0.2, 0.25) is 0 Å². The molecule has 1 fully saturated rings. The molecule has 1 aliphatic heterocycles. The molecule has 5 rings (SSSR count). The van der Waals surface area contributed by atoms with Gasteiger partial charge in [0.05, 0.1) is 0 Å². The summed E-state index contributed by atoms with van der Waals surface area (Å²) >= 11 is 0. The molecule has 1 spiro atoms. The van der Waals surface area contributed by atoms with E-state index in [1.165, 1.54) is 0 Å². The SMILES string of the molecule is O=C(Nc1ccc2c(c1)OC1(CCCC1)O2)c1nccc2ccccc12. The lowest BCUT2D eigenvalue weighted by Crippen LogP contribution is -2.34. The summed E-state index contributed by atoms with van der Waals surface area (Å²) in [5.74, 6) is 0.697. The van der Waals surface area contributed by atoms with E-state index in [-0.39, 0.29) is 5.91 Å². The molecule has 2 aromatic carbocycles. The standard InChI is InChI=1S/C21H18N2O3/c24-20(19-16-6-2-1-5-14(16)9-12-22-19)23-15-7-8-17-18(13-15)26-21(25-17)10-3-4-11-21/h1-2,5-9,12-13H,3-4,10-11H2,(H,23,24). The van der Waals surface area contributed by atoms with Crippen molar-refractivity contribution in [3.8, 4) is 11.5 Å². The molecule has 1 N–H and O–H groups in total. The number of carbonyl (C=O) groups excluding carboxylic acids is 1. The van der Waals surface area contributed by atoms with Crippen LogP contribution in [0.5, 0.6) is 11.5 Å². The Kier molecular flexibility index (Phi) is 3.35. The molecule has 1 aliphatic carbocycles. The molecule has 1 aromatic heterocycles. The van der Waals surface area contributed by atoms with Crippen LogP contribution in [0.25, 0.3) is 10.8 Å². The van der Waals surface area contributed by atoms with Crippen LogP contribution in [0.15, 0.2) is 54.7 Å². The highest BCUT2D eigenvalue weighted by Crippen LogP contribution is 2.47. The van der Waals surface area contributed by atoms with Gasteiger partial charge in [-0.25, -0.2) is 0 Å². The smallest absolute Gasteiger partial charge is 0.274 e. The lowest BCUT2D eigenvalue weighted by Gasteiger charge is -2.21. The van der Waals surface area contributed by atoms with E-state index in [1.54, 1.807) is 6.20 Å². The second-order valence-electron chi connectivity index (χ2n) is 6.82. The summed E-state index contributed by atoms with van der Waals surface area (Å²) in [6.07, 6.45) is 5.70. The average molecular weight is 346 g/mol. The highest BCUT2D eigenvalue weighted by molar-refractivity contribution is 6.11. The van der Waals surface area contributed by atoms with Crippen molar-refractivity contribution in [2.24, 2.45) is 0 Å². The number of aromatic nitrogens is 1. The molecule has 5 heteroatoms. The number of amides is 1. The third-order valence-corrected chi connectivity index (χ3v) is 5.05. The van der Waals surface area contributed by atoms with Crippen molar-refractivity contribution in [3.05, 3.63) is 60.4 Å². The summed E-state index contributed by atoms with van der Waals surface area (Å²) in [6, 6.07) is 15.1. The maximum atomic E-state index is 12.7. The minimum absolute atomic E-state index is 0.240. The molecule has 2 heterocycles. The Balaban J connectivity index is 1.41. The van der Waals surface area contributed by atoms with Gasteiger partial charge in [0.25, 0.3) is 11.7 Å². The minimum Gasteiger partial charge on any atom is -0.448 e. The first-order chi connectivity index (χ1) is 12.7. The number of carbonyl (C=O) groups is 1. The van der Waals surface area contributed by atoms with Gasteiger partial charge in [-0.15, -0.1) is 0 Å². The van der Waals surface area contributed by atoms with Crippen LogP contribution >= 0.6 is 0 Å². The van der Waals surface area contributed by atoms with Gasteiger partial charge in [0.1, 0.15) is 5.69 Å². The third-order valence-electron chi connectivity index (χ3n) is 5.05. The molecule has 0 saturated heterocycles. The Morgan fingerprint density at radius 3 is 2.69 bits per heavy atom. The number of hydrogen-bond donors (Lipinski definition) is 1. The lowest BCUT2D eigenvalue weighted by atomic mass is 10.1. The van der Waals surface area contributed by atoms with Crippen molar-refractivity contribution < 1.29 is 14.3 Å². The number of nitrogens with zero attached hydrogens (tertiary/aromatic N) is 1. The van der Waals surface area contributed by atoms with E-state index in [4.69, 9.17) is 9.47 Å². The largest absolute Gasteiger partial charge is 0.448 e. The van der Waals surface area contributed by atoms with Gasteiger partial charge in [-0.3, -0.25) is 9.78 Å². The second kappa shape index (κ2) is 5.73. The average Bonchev–Trinajstić information content (AvgIpc) is 3.26. The first-order valence-corrected chi connectivity index (χ1v) is 8.90. The zero-order valence-corrected chi connectivity index (χ0v) is 14.2. The molecule has 1 amide bonds. The molecule has 3 aromatic rings. The molecule has 0 bridgehead atoms. The maximum Gasteiger partial charge on any atom is 0.274 e. The van der Waals surface area contributed by atoms with Crippen LogP contribution in [-0.2, 0) is 0 Å². The van der Waals surface area contributed by atoms with Crippen molar-refractivity contribution in [1.82, 2.24) is 4.98 Å². The van der Waals surface area contributed by atoms with Crippen LogP contribution in [0, 0.1) is 0 Å². The fraction of sp³-hybridized carbons (Fsp3) is 0.238. The monoisotopic (exact) mass is 346 g/mol. The number of nitrogens with one attached hydrogen (secondary N) is 1. The quantitative estimate of drug-likeness (QED) is 0.741. The van der Waals surface area contributed by atoms with Gasteiger partial charge in [0.15, 0.2) is 11.5 Å². The number of rotatable bonds is 2. The summed E-state index contributed by atoms with van der Waals surface area (Å²) in [5, 5.41) is 4.74. The molecule has 26 heavy (non-hydrogen) atoms. The summed E-state index contributed by atoms with van der Waals surface area (Å²) in [5.41, 5.74) is 1.08. The van der Waals surface area contributed by atoms with Crippen LogP contribution in [0.3, 0.4) is 0 Å². The number of pyridine rings is 1. The van der Waals surface area contributed by atoms with E-state index in [2.05, 4.69) is 10.3 Å². The normalized spacial score (nSPS) is 16.9. The van der Waals surface area contributed by atoms with Crippen molar-refractivity contribution in [3.63, 3.8) is 0 Å². The molecule has 0 unspecified atom stereocenters. The molecular weight excluding hydrogens is 328 g/mol. The number of anilines is 1. The topological polar surface area (TPSA) is 60.5 Å². The number of fused-ring (bicyclic) bond motifs is 2. The van der Waals surface area contributed by atoms with Gasteiger partial charge in [-0.2, -0.15) is 0 Å². The Hall–Kier alpha value is -3.08. The van der Waals surface area contributed by atoms with Crippen molar-refractivity contribution >= 4 is 22.4 Å². The van der Waals surface area contributed by atoms with E-state index in [9.17, 15) is 4.79 Å². The summed E-state index contributed by atoms with van der Waals surface area (Å²) < 4.78 is 12.1. The van der Waals surface area contributed by atoms with E-state index >= 15 is 0 Å². The van der Waals surface area contributed by atoms with Crippen LogP contribution in [0.1, 0.15) is 36.2 Å². The van der Waals surface area contributed by atoms with Gasteiger partial charge in [-0.1, -0.05) is 24.3 Å². The van der Waals surface area contributed by atoms with Gasteiger partial charge >= 0.3 is 0 Å². The van der Waals surface area contributed by atoms with E-state index < -0.39 is 5.79 Å². The van der Waals surface area contributed by atoms with E-state index in [0.717, 1.165) is 42.2 Å².